The van der Waals surface area contributed by atoms with Gasteiger partial charge in [-0.25, -0.2) is 0 Å². The van der Waals surface area contributed by atoms with Crippen molar-refractivity contribution >= 4 is 17.2 Å². The number of aromatic amines is 1. The van der Waals surface area contributed by atoms with E-state index >= 15 is 0 Å². The molecular formula is C20H21NO. The smallest absolute Gasteiger partial charge is 0.152 e. The van der Waals surface area contributed by atoms with Crippen LogP contribution in [0.1, 0.15) is 42.3 Å². The minimum absolute atomic E-state index is 0.128. The highest BCUT2D eigenvalue weighted by Gasteiger charge is 2.16. The summed E-state index contributed by atoms with van der Waals surface area (Å²) in [6, 6.07) is 14.5. The van der Waals surface area contributed by atoms with Crippen LogP contribution in [0.3, 0.4) is 0 Å². The van der Waals surface area contributed by atoms with Gasteiger partial charge < -0.3 is 4.98 Å². The van der Waals surface area contributed by atoms with Crippen molar-refractivity contribution in [2.75, 3.05) is 0 Å². The minimum atomic E-state index is 0.128. The SMILES string of the molecule is Cc1cccc2c(C=O)c(-c3ccc(C(C)(C)C)cc3)[nH]c12. The zero-order valence-electron chi connectivity index (χ0n) is 13.5. The summed E-state index contributed by atoms with van der Waals surface area (Å²) < 4.78 is 0. The number of hydrogen-bond acceptors (Lipinski definition) is 1. The number of carbonyl (C=O) groups is 1. The molecule has 0 aliphatic carbocycles. The molecule has 0 atom stereocenters. The molecular weight excluding hydrogens is 270 g/mol. The number of hydrogen-bond donors (Lipinski definition) is 1. The van der Waals surface area contributed by atoms with E-state index < -0.39 is 0 Å². The predicted molar refractivity (Wildman–Crippen MR) is 92.6 cm³/mol. The van der Waals surface area contributed by atoms with E-state index in [9.17, 15) is 4.79 Å². The molecule has 3 rings (SSSR count). The lowest BCUT2D eigenvalue weighted by Crippen LogP contribution is -2.10. The summed E-state index contributed by atoms with van der Waals surface area (Å²) in [7, 11) is 0. The predicted octanol–water partition coefficient (Wildman–Crippen LogP) is 5.25. The standard InChI is InChI=1S/C20H21NO/c1-13-6-5-7-16-17(12-22)19(21-18(13)16)14-8-10-15(11-9-14)20(2,3)4/h5-12,21H,1-4H3. The number of aldehydes is 1. The zero-order valence-corrected chi connectivity index (χ0v) is 13.5. The maximum atomic E-state index is 11.6. The van der Waals surface area contributed by atoms with Crippen molar-refractivity contribution in [3.05, 3.63) is 59.2 Å². The number of carbonyl (C=O) groups excluding carboxylic acids is 1. The van der Waals surface area contributed by atoms with Gasteiger partial charge >= 0.3 is 0 Å². The number of fused-ring (bicyclic) bond motifs is 1. The molecule has 1 heterocycles. The van der Waals surface area contributed by atoms with Crippen molar-refractivity contribution < 1.29 is 4.79 Å². The summed E-state index contributed by atoms with van der Waals surface area (Å²) in [5.74, 6) is 0. The quantitative estimate of drug-likeness (QED) is 0.642. The van der Waals surface area contributed by atoms with E-state index in [-0.39, 0.29) is 5.41 Å². The molecule has 0 radical (unpaired) electrons. The van der Waals surface area contributed by atoms with Crippen molar-refractivity contribution in [1.29, 1.82) is 0 Å². The molecule has 22 heavy (non-hydrogen) atoms. The molecule has 0 aliphatic heterocycles. The van der Waals surface area contributed by atoms with E-state index in [0.29, 0.717) is 0 Å². The largest absolute Gasteiger partial charge is 0.354 e. The Bertz CT molecular complexity index is 833. The zero-order chi connectivity index (χ0) is 15.9. The summed E-state index contributed by atoms with van der Waals surface area (Å²) in [4.78, 5) is 15.0. The topological polar surface area (TPSA) is 32.9 Å². The number of para-hydroxylation sites is 1. The van der Waals surface area contributed by atoms with Crippen molar-refractivity contribution in [2.45, 2.75) is 33.1 Å². The number of aryl methyl sites for hydroxylation is 1. The van der Waals surface area contributed by atoms with Gasteiger partial charge in [-0.15, -0.1) is 0 Å². The van der Waals surface area contributed by atoms with Gasteiger partial charge in [-0.05, 0) is 29.0 Å². The van der Waals surface area contributed by atoms with E-state index in [1.165, 1.54) is 5.56 Å². The van der Waals surface area contributed by atoms with Gasteiger partial charge in [0.1, 0.15) is 0 Å². The summed E-state index contributed by atoms with van der Waals surface area (Å²) in [6.07, 6.45) is 0.950. The number of rotatable bonds is 2. The molecule has 0 saturated carbocycles. The molecule has 1 aromatic heterocycles. The maximum Gasteiger partial charge on any atom is 0.152 e. The van der Waals surface area contributed by atoms with Gasteiger partial charge in [-0.1, -0.05) is 63.2 Å². The van der Waals surface area contributed by atoms with E-state index in [1.807, 2.05) is 12.1 Å². The van der Waals surface area contributed by atoms with Gasteiger partial charge in [0.25, 0.3) is 0 Å². The second-order valence-corrected chi connectivity index (χ2v) is 6.86. The highest BCUT2D eigenvalue weighted by molar-refractivity contribution is 6.05. The first-order valence-corrected chi connectivity index (χ1v) is 7.59. The van der Waals surface area contributed by atoms with Gasteiger partial charge in [0.15, 0.2) is 6.29 Å². The first-order valence-electron chi connectivity index (χ1n) is 7.59. The molecule has 2 heteroatoms. The van der Waals surface area contributed by atoms with Crippen molar-refractivity contribution in [3.63, 3.8) is 0 Å². The molecule has 112 valence electrons. The van der Waals surface area contributed by atoms with Gasteiger partial charge in [-0.2, -0.15) is 0 Å². The van der Waals surface area contributed by atoms with E-state index in [1.54, 1.807) is 0 Å². The third-order valence-electron chi connectivity index (χ3n) is 4.24. The summed E-state index contributed by atoms with van der Waals surface area (Å²) in [5, 5.41) is 0.991. The maximum absolute atomic E-state index is 11.6. The number of aromatic nitrogens is 1. The number of nitrogens with one attached hydrogen (secondary N) is 1. The molecule has 0 bridgehead atoms. The van der Waals surface area contributed by atoms with Gasteiger partial charge in [0, 0.05) is 16.5 Å². The van der Waals surface area contributed by atoms with Crippen LogP contribution in [0.25, 0.3) is 22.2 Å². The lowest BCUT2D eigenvalue weighted by molar-refractivity contribution is 0.112. The average Bonchev–Trinajstić information content (AvgIpc) is 2.86. The lowest BCUT2D eigenvalue weighted by Gasteiger charge is -2.19. The summed E-state index contributed by atoms with van der Waals surface area (Å²) in [6.45, 7) is 8.65. The van der Waals surface area contributed by atoms with Crippen LogP contribution in [-0.4, -0.2) is 11.3 Å². The monoisotopic (exact) mass is 291 g/mol. The molecule has 0 saturated heterocycles. The third-order valence-corrected chi connectivity index (χ3v) is 4.24. The van der Waals surface area contributed by atoms with Crippen molar-refractivity contribution in [3.8, 4) is 11.3 Å². The van der Waals surface area contributed by atoms with Crippen LogP contribution >= 0.6 is 0 Å². The Morgan fingerprint density at radius 1 is 1.00 bits per heavy atom. The Kier molecular flexibility index (Phi) is 3.40. The van der Waals surface area contributed by atoms with Crippen LogP contribution in [0.15, 0.2) is 42.5 Å². The van der Waals surface area contributed by atoms with Gasteiger partial charge in [0.2, 0.25) is 0 Å². The Morgan fingerprint density at radius 3 is 2.27 bits per heavy atom. The van der Waals surface area contributed by atoms with Crippen molar-refractivity contribution in [1.82, 2.24) is 4.98 Å². The van der Waals surface area contributed by atoms with Gasteiger partial charge in [0.05, 0.1) is 5.69 Å². The van der Waals surface area contributed by atoms with Crippen LogP contribution in [0, 0.1) is 6.92 Å². The molecule has 0 spiro atoms. The molecule has 2 nitrogen and oxygen atoms in total. The molecule has 1 N–H and O–H groups in total. The second kappa shape index (κ2) is 5.13. The molecule has 0 aliphatic rings. The normalized spacial score (nSPS) is 11.8. The molecule has 0 fully saturated rings. The molecule has 0 unspecified atom stereocenters. The lowest BCUT2D eigenvalue weighted by atomic mass is 9.86. The first-order chi connectivity index (χ1) is 10.4. The number of benzene rings is 2. The second-order valence-electron chi connectivity index (χ2n) is 6.86. The summed E-state index contributed by atoms with van der Waals surface area (Å²) >= 11 is 0. The highest BCUT2D eigenvalue weighted by atomic mass is 16.1. The Balaban J connectivity index is 2.18. The fourth-order valence-electron chi connectivity index (χ4n) is 2.87. The Hall–Kier alpha value is -2.35. The van der Waals surface area contributed by atoms with Crippen LogP contribution in [0.2, 0.25) is 0 Å². The minimum Gasteiger partial charge on any atom is -0.354 e. The molecule has 3 aromatic rings. The molecule has 2 aromatic carbocycles. The highest BCUT2D eigenvalue weighted by Crippen LogP contribution is 2.32. The van der Waals surface area contributed by atoms with E-state index in [0.717, 1.165) is 39.6 Å². The Morgan fingerprint density at radius 2 is 1.68 bits per heavy atom. The fourth-order valence-corrected chi connectivity index (χ4v) is 2.87. The molecule has 0 amide bonds. The van der Waals surface area contributed by atoms with E-state index in [4.69, 9.17) is 0 Å². The summed E-state index contributed by atoms with van der Waals surface area (Å²) in [5.41, 5.74) is 6.30. The Labute approximate surface area is 131 Å². The fraction of sp³-hybridized carbons (Fsp3) is 0.250. The van der Waals surface area contributed by atoms with Crippen LogP contribution in [0.4, 0.5) is 0 Å². The number of H-pyrrole nitrogens is 1. The van der Waals surface area contributed by atoms with Crippen molar-refractivity contribution in [2.24, 2.45) is 0 Å². The third kappa shape index (κ3) is 2.35. The van der Waals surface area contributed by atoms with Crippen LogP contribution in [-0.2, 0) is 5.41 Å². The average molecular weight is 291 g/mol. The van der Waals surface area contributed by atoms with Crippen LogP contribution in [0.5, 0.6) is 0 Å². The van der Waals surface area contributed by atoms with Gasteiger partial charge in [-0.3, -0.25) is 4.79 Å². The van der Waals surface area contributed by atoms with E-state index in [2.05, 4.69) is 63.0 Å². The van der Waals surface area contributed by atoms with Crippen LogP contribution < -0.4 is 0 Å². The first kappa shape index (κ1) is 14.6.